The van der Waals surface area contributed by atoms with Crippen molar-refractivity contribution in [2.45, 2.75) is 11.4 Å². The first kappa shape index (κ1) is 25.7. The van der Waals surface area contributed by atoms with Crippen LogP contribution in [0.25, 0.3) is 11.1 Å². The number of aromatic nitrogens is 2. The SMILES string of the molecule is O=C(NO)c1cnc(N2CCN(S(=O)(=O)c3ccc(-c4ccsc4CN4CCOCC4)cc3)CC2)nc1. The van der Waals surface area contributed by atoms with Crippen LogP contribution in [0.4, 0.5) is 5.95 Å². The van der Waals surface area contributed by atoms with E-state index in [-0.39, 0.29) is 10.5 Å². The Labute approximate surface area is 219 Å². The third kappa shape index (κ3) is 5.66. The van der Waals surface area contributed by atoms with Gasteiger partial charge in [0.2, 0.25) is 16.0 Å². The summed E-state index contributed by atoms with van der Waals surface area (Å²) in [4.78, 5) is 25.5. The topological polar surface area (TPSA) is 128 Å². The summed E-state index contributed by atoms with van der Waals surface area (Å²) in [6, 6.07) is 9.22. The van der Waals surface area contributed by atoms with E-state index in [0.29, 0.717) is 32.1 Å². The third-order valence-electron chi connectivity index (χ3n) is 6.54. The van der Waals surface area contributed by atoms with Crippen LogP contribution in [0.15, 0.2) is 53.0 Å². The summed E-state index contributed by atoms with van der Waals surface area (Å²) in [5.74, 6) is -0.291. The van der Waals surface area contributed by atoms with E-state index in [0.717, 1.165) is 44.0 Å². The molecule has 2 aliphatic heterocycles. The van der Waals surface area contributed by atoms with Gasteiger partial charge in [-0.2, -0.15) is 4.31 Å². The molecule has 4 heterocycles. The molecule has 0 spiro atoms. The first-order chi connectivity index (χ1) is 18.0. The Balaban J connectivity index is 1.23. The van der Waals surface area contributed by atoms with Gasteiger partial charge in [-0.15, -0.1) is 11.3 Å². The average molecular weight is 545 g/mol. The van der Waals surface area contributed by atoms with Crippen LogP contribution in [-0.2, 0) is 21.3 Å². The summed E-state index contributed by atoms with van der Waals surface area (Å²) >= 11 is 1.72. The van der Waals surface area contributed by atoms with E-state index in [1.54, 1.807) is 23.5 Å². The molecular weight excluding hydrogens is 516 g/mol. The van der Waals surface area contributed by atoms with Crippen LogP contribution in [0.5, 0.6) is 0 Å². The van der Waals surface area contributed by atoms with E-state index in [1.807, 2.05) is 17.0 Å². The number of hydroxylamine groups is 1. The standard InChI is InChI=1S/C24H28N6O5S2/c31-23(27-32)19-15-25-24(26-16-19)29-6-8-30(9-7-29)37(33,34)20-3-1-18(2-4-20)21-5-14-36-22(21)17-28-10-12-35-13-11-28/h1-5,14-16,32H,6-13,17H2,(H,27,31). The number of sulfonamides is 1. The molecule has 5 rings (SSSR count). The first-order valence-corrected chi connectivity index (χ1v) is 14.3. The van der Waals surface area contributed by atoms with Crippen molar-refractivity contribution < 1.29 is 23.2 Å². The Kier molecular flexibility index (Phi) is 7.79. The number of amides is 1. The number of ether oxygens (including phenoxy) is 1. The molecule has 0 aliphatic carbocycles. The predicted octanol–water partition coefficient (Wildman–Crippen LogP) is 1.67. The van der Waals surface area contributed by atoms with E-state index in [4.69, 9.17) is 9.94 Å². The van der Waals surface area contributed by atoms with Crippen molar-refractivity contribution in [1.82, 2.24) is 24.7 Å². The fourth-order valence-electron chi connectivity index (χ4n) is 4.43. The molecule has 2 aliphatic rings. The maximum absolute atomic E-state index is 13.3. The lowest BCUT2D eigenvalue weighted by molar-refractivity contribution is 0.0347. The maximum Gasteiger partial charge on any atom is 0.277 e. The van der Waals surface area contributed by atoms with Gasteiger partial charge >= 0.3 is 0 Å². The molecule has 37 heavy (non-hydrogen) atoms. The Morgan fingerprint density at radius 1 is 1.00 bits per heavy atom. The van der Waals surface area contributed by atoms with Crippen LogP contribution in [0, 0.1) is 0 Å². The van der Waals surface area contributed by atoms with Crippen LogP contribution in [0.3, 0.4) is 0 Å². The van der Waals surface area contributed by atoms with Crippen molar-refractivity contribution in [3.05, 3.63) is 58.5 Å². The molecule has 1 amide bonds. The molecular formula is C24H28N6O5S2. The summed E-state index contributed by atoms with van der Waals surface area (Å²) in [6.07, 6.45) is 2.64. The summed E-state index contributed by atoms with van der Waals surface area (Å²) in [7, 11) is -3.64. The Morgan fingerprint density at radius 2 is 1.68 bits per heavy atom. The Bertz CT molecular complexity index is 1320. The van der Waals surface area contributed by atoms with Crippen LogP contribution in [0.2, 0.25) is 0 Å². The normalized spacial score (nSPS) is 17.6. The van der Waals surface area contributed by atoms with Gasteiger partial charge < -0.3 is 9.64 Å². The van der Waals surface area contributed by atoms with Crippen molar-refractivity contribution >= 4 is 33.2 Å². The summed E-state index contributed by atoms with van der Waals surface area (Å²) < 4.78 is 33.5. The highest BCUT2D eigenvalue weighted by atomic mass is 32.2. The summed E-state index contributed by atoms with van der Waals surface area (Å²) in [5.41, 5.74) is 3.81. The molecule has 2 N–H and O–H groups in total. The van der Waals surface area contributed by atoms with E-state index < -0.39 is 15.9 Å². The third-order valence-corrected chi connectivity index (χ3v) is 9.36. The van der Waals surface area contributed by atoms with Gasteiger partial charge in [-0.1, -0.05) is 12.1 Å². The molecule has 2 fully saturated rings. The number of nitrogens with one attached hydrogen (secondary N) is 1. The number of thiophene rings is 1. The van der Waals surface area contributed by atoms with Crippen molar-refractivity contribution in [3.63, 3.8) is 0 Å². The van der Waals surface area contributed by atoms with Crippen molar-refractivity contribution in [3.8, 4) is 11.1 Å². The highest BCUT2D eigenvalue weighted by molar-refractivity contribution is 7.89. The number of carbonyl (C=O) groups excluding carboxylic acids is 1. The predicted molar refractivity (Wildman–Crippen MR) is 138 cm³/mol. The minimum atomic E-state index is -3.64. The number of carbonyl (C=O) groups is 1. The first-order valence-electron chi connectivity index (χ1n) is 11.9. The fraction of sp³-hybridized carbons (Fsp3) is 0.375. The van der Waals surface area contributed by atoms with Crippen molar-refractivity contribution in [1.29, 1.82) is 0 Å². The number of rotatable bonds is 7. The van der Waals surface area contributed by atoms with Gasteiger partial charge in [0.25, 0.3) is 5.91 Å². The van der Waals surface area contributed by atoms with Gasteiger partial charge in [-0.25, -0.2) is 23.9 Å². The maximum atomic E-state index is 13.3. The number of benzene rings is 1. The number of nitrogens with zero attached hydrogens (tertiary/aromatic N) is 5. The van der Waals surface area contributed by atoms with Gasteiger partial charge in [-0.3, -0.25) is 14.9 Å². The number of hydrogen-bond donors (Lipinski definition) is 2. The number of hydrogen-bond acceptors (Lipinski definition) is 10. The van der Waals surface area contributed by atoms with Gasteiger partial charge in [0, 0.05) is 63.1 Å². The molecule has 0 radical (unpaired) electrons. The lowest BCUT2D eigenvalue weighted by Crippen LogP contribution is -2.49. The highest BCUT2D eigenvalue weighted by Gasteiger charge is 2.29. The molecule has 1 aromatic carbocycles. The zero-order valence-corrected chi connectivity index (χ0v) is 21.7. The average Bonchev–Trinajstić information content (AvgIpc) is 3.41. The summed E-state index contributed by atoms with van der Waals surface area (Å²) in [5, 5.41) is 10.8. The van der Waals surface area contributed by atoms with Crippen LogP contribution >= 0.6 is 11.3 Å². The van der Waals surface area contributed by atoms with Gasteiger partial charge in [-0.05, 0) is 34.7 Å². The van der Waals surface area contributed by atoms with E-state index in [9.17, 15) is 13.2 Å². The van der Waals surface area contributed by atoms with Crippen LogP contribution < -0.4 is 10.4 Å². The van der Waals surface area contributed by atoms with Crippen molar-refractivity contribution in [2.24, 2.45) is 0 Å². The van der Waals surface area contributed by atoms with Gasteiger partial charge in [0.15, 0.2) is 0 Å². The smallest absolute Gasteiger partial charge is 0.277 e. The second-order valence-corrected chi connectivity index (χ2v) is 11.7. The number of anilines is 1. The lowest BCUT2D eigenvalue weighted by atomic mass is 10.1. The van der Waals surface area contributed by atoms with E-state index in [2.05, 4.69) is 26.3 Å². The van der Waals surface area contributed by atoms with Crippen molar-refractivity contribution in [2.75, 3.05) is 57.4 Å². The molecule has 3 aromatic rings. The Morgan fingerprint density at radius 3 is 2.32 bits per heavy atom. The number of morpholine rings is 1. The summed E-state index contributed by atoms with van der Waals surface area (Å²) in [6.45, 7) is 5.63. The van der Waals surface area contributed by atoms with Gasteiger partial charge in [0.05, 0.1) is 23.7 Å². The van der Waals surface area contributed by atoms with Crippen LogP contribution in [-0.4, -0.2) is 91.2 Å². The molecule has 0 saturated carbocycles. The van der Waals surface area contributed by atoms with E-state index >= 15 is 0 Å². The second kappa shape index (κ2) is 11.2. The van der Waals surface area contributed by atoms with Gasteiger partial charge in [0.1, 0.15) is 0 Å². The monoisotopic (exact) mass is 544 g/mol. The second-order valence-electron chi connectivity index (χ2n) is 8.77. The zero-order chi connectivity index (χ0) is 25.8. The fourth-order valence-corrected chi connectivity index (χ4v) is 6.79. The largest absolute Gasteiger partial charge is 0.379 e. The zero-order valence-electron chi connectivity index (χ0n) is 20.1. The molecule has 11 nitrogen and oxygen atoms in total. The minimum absolute atomic E-state index is 0.131. The minimum Gasteiger partial charge on any atom is -0.379 e. The molecule has 2 aromatic heterocycles. The lowest BCUT2D eigenvalue weighted by Gasteiger charge is -2.34. The molecule has 2 saturated heterocycles. The molecule has 0 unspecified atom stereocenters. The Hall–Kier alpha value is -2.94. The number of piperazine rings is 1. The van der Waals surface area contributed by atoms with Crippen LogP contribution in [0.1, 0.15) is 15.2 Å². The van der Waals surface area contributed by atoms with E-state index in [1.165, 1.54) is 27.1 Å². The molecule has 13 heteroatoms. The quantitative estimate of drug-likeness (QED) is 0.337. The molecule has 0 bridgehead atoms. The molecule has 0 atom stereocenters. The highest BCUT2D eigenvalue weighted by Crippen LogP contribution is 2.31. The molecule has 196 valence electrons.